The van der Waals surface area contributed by atoms with E-state index in [-0.39, 0.29) is 11.9 Å². The van der Waals surface area contributed by atoms with Gasteiger partial charge in [-0.05, 0) is 19.2 Å². The predicted octanol–water partition coefficient (Wildman–Crippen LogP) is -0.119. The summed E-state index contributed by atoms with van der Waals surface area (Å²) in [7, 11) is 3.79. The van der Waals surface area contributed by atoms with Gasteiger partial charge in [0.05, 0.1) is 0 Å². The number of amides is 1. The largest absolute Gasteiger partial charge is 0.348 e. The molecule has 2 rings (SSSR count). The molecule has 5 nitrogen and oxygen atoms in total. The summed E-state index contributed by atoms with van der Waals surface area (Å²) in [5.74, 6) is 0.959. The van der Waals surface area contributed by atoms with Crippen LogP contribution in [0, 0.1) is 0 Å². The number of carbonyl (C=O) groups excluding carboxylic acids is 1. The van der Waals surface area contributed by atoms with Crippen molar-refractivity contribution >= 4 is 11.7 Å². The number of H-pyrrole nitrogens is 1. The molecule has 1 fully saturated rings. The highest BCUT2D eigenvalue weighted by atomic mass is 16.2. The monoisotopic (exact) mass is 222 g/mol. The van der Waals surface area contributed by atoms with Gasteiger partial charge in [-0.1, -0.05) is 0 Å². The zero-order valence-corrected chi connectivity index (χ0v) is 9.73. The van der Waals surface area contributed by atoms with Crippen LogP contribution >= 0.6 is 0 Å². The summed E-state index contributed by atoms with van der Waals surface area (Å²) in [6.07, 6.45) is 1.82. The molecule has 1 saturated heterocycles. The Morgan fingerprint density at radius 3 is 3.06 bits per heavy atom. The van der Waals surface area contributed by atoms with Crippen LogP contribution in [0.5, 0.6) is 0 Å². The second-order valence-corrected chi connectivity index (χ2v) is 4.15. The lowest BCUT2D eigenvalue weighted by molar-refractivity contribution is -0.123. The van der Waals surface area contributed by atoms with Crippen molar-refractivity contribution in [3.63, 3.8) is 0 Å². The Morgan fingerprint density at radius 1 is 1.62 bits per heavy atom. The van der Waals surface area contributed by atoms with Crippen LogP contribution in [0.1, 0.15) is 0 Å². The number of piperazine rings is 1. The van der Waals surface area contributed by atoms with Gasteiger partial charge in [0.2, 0.25) is 5.91 Å². The van der Waals surface area contributed by atoms with Crippen LogP contribution < -0.4 is 10.2 Å². The maximum atomic E-state index is 12.2. The maximum Gasteiger partial charge on any atom is 0.246 e. The van der Waals surface area contributed by atoms with Gasteiger partial charge in [-0.25, -0.2) is 0 Å². The average Bonchev–Trinajstić information content (AvgIpc) is 2.81. The van der Waals surface area contributed by atoms with Crippen LogP contribution in [0.25, 0.3) is 0 Å². The Hall–Kier alpha value is -1.33. The number of hydrogen-bond donors (Lipinski definition) is 2. The lowest BCUT2D eigenvalue weighted by atomic mass is 10.2. The summed E-state index contributed by atoms with van der Waals surface area (Å²) in [4.78, 5) is 19.0. The fraction of sp³-hybridized carbons (Fsp3) is 0.545. The van der Waals surface area contributed by atoms with Gasteiger partial charge in [0, 0.05) is 32.9 Å². The van der Waals surface area contributed by atoms with Crippen molar-refractivity contribution in [1.82, 2.24) is 15.2 Å². The minimum Gasteiger partial charge on any atom is -0.348 e. The Kier molecular flexibility index (Phi) is 3.26. The first-order valence-electron chi connectivity index (χ1n) is 5.52. The highest BCUT2D eigenvalue weighted by molar-refractivity contribution is 5.96. The molecule has 5 heteroatoms. The summed E-state index contributed by atoms with van der Waals surface area (Å²) < 4.78 is 0. The molecule has 1 aromatic rings. The second kappa shape index (κ2) is 4.67. The molecule has 2 heterocycles. The van der Waals surface area contributed by atoms with E-state index in [1.807, 2.05) is 25.4 Å². The van der Waals surface area contributed by atoms with Crippen molar-refractivity contribution < 1.29 is 4.79 Å². The van der Waals surface area contributed by atoms with E-state index in [4.69, 9.17) is 0 Å². The molecule has 0 radical (unpaired) electrons. The summed E-state index contributed by atoms with van der Waals surface area (Å²) in [6, 6.07) is 3.72. The van der Waals surface area contributed by atoms with Crippen LogP contribution in [0.2, 0.25) is 0 Å². The van der Waals surface area contributed by atoms with Gasteiger partial charge in [-0.15, -0.1) is 0 Å². The highest BCUT2D eigenvalue weighted by Gasteiger charge is 2.28. The van der Waals surface area contributed by atoms with Crippen molar-refractivity contribution in [3.05, 3.63) is 18.3 Å². The first-order chi connectivity index (χ1) is 7.70. The van der Waals surface area contributed by atoms with Gasteiger partial charge in [0.25, 0.3) is 0 Å². The van der Waals surface area contributed by atoms with Crippen LogP contribution in [0.15, 0.2) is 18.3 Å². The van der Waals surface area contributed by atoms with E-state index < -0.39 is 0 Å². The molecule has 88 valence electrons. The van der Waals surface area contributed by atoms with Crippen LogP contribution in [-0.4, -0.2) is 55.6 Å². The number of nitrogens with one attached hydrogen (secondary N) is 2. The number of rotatable bonds is 2. The zero-order valence-electron chi connectivity index (χ0n) is 9.73. The first-order valence-corrected chi connectivity index (χ1v) is 5.52. The Balaban J connectivity index is 2.06. The van der Waals surface area contributed by atoms with Crippen LogP contribution in [0.4, 0.5) is 5.82 Å². The molecule has 1 aromatic heterocycles. The molecule has 16 heavy (non-hydrogen) atoms. The van der Waals surface area contributed by atoms with Gasteiger partial charge in [0.1, 0.15) is 11.9 Å². The fourth-order valence-corrected chi connectivity index (χ4v) is 1.95. The summed E-state index contributed by atoms with van der Waals surface area (Å²) in [5, 5.41) is 3.25. The maximum absolute atomic E-state index is 12.2. The molecule has 1 aliphatic rings. The van der Waals surface area contributed by atoms with Crippen molar-refractivity contribution in [3.8, 4) is 0 Å². The number of nitrogens with zero attached hydrogens (tertiary/aromatic N) is 2. The SMILES string of the molecule is CN(C(=O)C1CNCCN1C)c1ccc[nH]1. The van der Waals surface area contributed by atoms with Crippen molar-refractivity contribution in [2.75, 3.05) is 38.6 Å². The van der Waals surface area contributed by atoms with Gasteiger partial charge >= 0.3 is 0 Å². The first kappa shape index (κ1) is 11.2. The number of aromatic amines is 1. The normalized spacial score (nSPS) is 22.0. The molecule has 2 N–H and O–H groups in total. The third kappa shape index (κ3) is 2.10. The van der Waals surface area contributed by atoms with E-state index in [1.165, 1.54) is 0 Å². The molecule has 1 unspecified atom stereocenters. The lowest BCUT2D eigenvalue weighted by Crippen LogP contribution is -2.56. The second-order valence-electron chi connectivity index (χ2n) is 4.15. The number of hydrogen-bond acceptors (Lipinski definition) is 3. The lowest BCUT2D eigenvalue weighted by Gasteiger charge is -2.34. The van der Waals surface area contributed by atoms with Crippen molar-refractivity contribution in [1.29, 1.82) is 0 Å². The average molecular weight is 222 g/mol. The van der Waals surface area contributed by atoms with Gasteiger partial charge < -0.3 is 15.2 Å². The van der Waals surface area contributed by atoms with E-state index >= 15 is 0 Å². The predicted molar refractivity (Wildman–Crippen MR) is 63.5 cm³/mol. The molecule has 1 aliphatic heterocycles. The molecule has 0 spiro atoms. The van der Waals surface area contributed by atoms with E-state index in [9.17, 15) is 4.79 Å². The third-order valence-electron chi connectivity index (χ3n) is 3.07. The standard InChI is InChI=1S/C11H18N4O/c1-14-7-6-12-8-9(14)11(16)15(2)10-4-3-5-13-10/h3-5,9,12-13H,6-8H2,1-2H3. The number of carbonyl (C=O) groups is 1. The smallest absolute Gasteiger partial charge is 0.246 e. The van der Waals surface area contributed by atoms with Gasteiger partial charge in [-0.2, -0.15) is 0 Å². The molecule has 0 saturated carbocycles. The minimum absolute atomic E-state index is 0.0675. The Morgan fingerprint density at radius 2 is 2.44 bits per heavy atom. The minimum atomic E-state index is -0.0675. The quantitative estimate of drug-likeness (QED) is 0.733. The van der Waals surface area contributed by atoms with Crippen molar-refractivity contribution in [2.24, 2.45) is 0 Å². The summed E-state index contributed by atoms with van der Waals surface area (Å²) in [5.41, 5.74) is 0. The van der Waals surface area contributed by atoms with Crippen LogP contribution in [0.3, 0.4) is 0 Å². The molecule has 0 aromatic carbocycles. The number of aromatic nitrogens is 1. The summed E-state index contributed by atoms with van der Waals surface area (Å²) in [6.45, 7) is 2.59. The fourth-order valence-electron chi connectivity index (χ4n) is 1.95. The zero-order chi connectivity index (χ0) is 11.5. The molecule has 0 aliphatic carbocycles. The highest BCUT2D eigenvalue weighted by Crippen LogP contribution is 2.12. The Bertz CT molecular complexity index is 349. The third-order valence-corrected chi connectivity index (χ3v) is 3.07. The molecule has 1 atom stereocenters. The number of likely N-dealkylation sites (N-methyl/N-ethyl adjacent to an activating group) is 2. The topological polar surface area (TPSA) is 51.4 Å². The van der Waals surface area contributed by atoms with E-state index in [2.05, 4.69) is 15.2 Å². The van der Waals surface area contributed by atoms with Gasteiger partial charge in [-0.3, -0.25) is 9.69 Å². The molecular formula is C11H18N4O. The molecule has 0 bridgehead atoms. The van der Waals surface area contributed by atoms with E-state index in [0.717, 1.165) is 25.5 Å². The molecular weight excluding hydrogens is 204 g/mol. The summed E-state index contributed by atoms with van der Waals surface area (Å²) >= 11 is 0. The van der Waals surface area contributed by atoms with Gasteiger partial charge in [0.15, 0.2) is 0 Å². The van der Waals surface area contributed by atoms with Crippen LogP contribution in [-0.2, 0) is 4.79 Å². The molecule has 1 amide bonds. The number of anilines is 1. The van der Waals surface area contributed by atoms with Crippen molar-refractivity contribution in [2.45, 2.75) is 6.04 Å². The van der Waals surface area contributed by atoms with E-state index in [0.29, 0.717) is 0 Å². The van der Waals surface area contributed by atoms with E-state index in [1.54, 1.807) is 11.9 Å². The Labute approximate surface area is 95.4 Å².